The molecule has 1 atom stereocenters. The van der Waals surface area contributed by atoms with Crippen LogP contribution in [0.4, 0.5) is 11.4 Å². The SMILES string of the molecule is Cc1ccc(NCC2CCS(=O)(=O)C2)cc1[N+](=O)[O-]. The highest BCUT2D eigenvalue weighted by Crippen LogP contribution is 2.24. The Hall–Kier alpha value is -1.63. The quantitative estimate of drug-likeness (QED) is 0.672. The summed E-state index contributed by atoms with van der Waals surface area (Å²) in [6, 6.07) is 4.94. The van der Waals surface area contributed by atoms with Gasteiger partial charge in [-0.05, 0) is 25.3 Å². The fourth-order valence-electron chi connectivity index (χ4n) is 2.21. The summed E-state index contributed by atoms with van der Waals surface area (Å²) in [5.41, 5.74) is 1.34. The van der Waals surface area contributed by atoms with Crippen molar-refractivity contribution in [1.82, 2.24) is 0 Å². The maximum absolute atomic E-state index is 11.3. The maximum Gasteiger partial charge on any atom is 0.274 e. The third-order valence-electron chi connectivity index (χ3n) is 3.33. The summed E-state index contributed by atoms with van der Waals surface area (Å²) < 4.78 is 22.6. The maximum atomic E-state index is 11.3. The zero-order chi connectivity index (χ0) is 14.0. The molecule has 1 aliphatic heterocycles. The Labute approximate surface area is 111 Å². The molecule has 0 aliphatic carbocycles. The summed E-state index contributed by atoms with van der Waals surface area (Å²) >= 11 is 0. The van der Waals surface area contributed by atoms with Crippen molar-refractivity contribution in [3.63, 3.8) is 0 Å². The second kappa shape index (κ2) is 5.16. The van der Waals surface area contributed by atoms with E-state index in [1.54, 1.807) is 19.1 Å². The summed E-state index contributed by atoms with van der Waals surface area (Å²) in [4.78, 5) is 10.4. The number of nitro benzene ring substituents is 1. The van der Waals surface area contributed by atoms with Gasteiger partial charge in [0.2, 0.25) is 0 Å². The Morgan fingerprint density at radius 1 is 1.47 bits per heavy atom. The lowest BCUT2D eigenvalue weighted by molar-refractivity contribution is -0.385. The van der Waals surface area contributed by atoms with E-state index in [1.165, 1.54) is 6.07 Å². The van der Waals surface area contributed by atoms with E-state index < -0.39 is 14.8 Å². The molecule has 0 spiro atoms. The normalized spacial score (nSPS) is 21.2. The molecule has 1 aromatic rings. The van der Waals surface area contributed by atoms with Gasteiger partial charge in [-0.3, -0.25) is 10.1 Å². The molecule has 1 saturated heterocycles. The van der Waals surface area contributed by atoms with Crippen molar-refractivity contribution < 1.29 is 13.3 Å². The highest BCUT2D eigenvalue weighted by molar-refractivity contribution is 7.91. The number of rotatable bonds is 4. The molecule has 2 rings (SSSR count). The summed E-state index contributed by atoms with van der Waals surface area (Å²) in [5, 5.41) is 13.9. The number of nitrogens with zero attached hydrogens (tertiary/aromatic N) is 1. The first kappa shape index (κ1) is 13.8. The van der Waals surface area contributed by atoms with E-state index in [-0.39, 0.29) is 23.1 Å². The van der Waals surface area contributed by atoms with E-state index in [4.69, 9.17) is 0 Å². The largest absolute Gasteiger partial charge is 0.385 e. The van der Waals surface area contributed by atoms with E-state index >= 15 is 0 Å². The van der Waals surface area contributed by atoms with Crippen molar-refractivity contribution >= 4 is 21.2 Å². The van der Waals surface area contributed by atoms with Gasteiger partial charge < -0.3 is 5.32 Å². The molecule has 0 saturated carbocycles. The zero-order valence-electron chi connectivity index (χ0n) is 10.6. The van der Waals surface area contributed by atoms with E-state index in [1.807, 2.05) is 0 Å². The second-order valence-corrected chi connectivity index (χ2v) is 7.14. The van der Waals surface area contributed by atoms with Gasteiger partial charge in [0.15, 0.2) is 9.84 Å². The van der Waals surface area contributed by atoms with Crippen molar-refractivity contribution in [3.05, 3.63) is 33.9 Å². The number of aryl methyl sites for hydroxylation is 1. The zero-order valence-corrected chi connectivity index (χ0v) is 11.4. The predicted octanol–water partition coefficient (Wildman–Crippen LogP) is 1.75. The van der Waals surface area contributed by atoms with E-state index in [0.717, 1.165) is 0 Å². The van der Waals surface area contributed by atoms with Crippen LogP contribution in [0.25, 0.3) is 0 Å². The summed E-state index contributed by atoms with van der Waals surface area (Å²) in [6.07, 6.45) is 0.656. The van der Waals surface area contributed by atoms with Crippen molar-refractivity contribution in [3.8, 4) is 0 Å². The van der Waals surface area contributed by atoms with Gasteiger partial charge in [0.05, 0.1) is 16.4 Å². The Kier molecular flexibility index (Phi) is 3.75. The minimum Gasteiger partial charge on any atom is -0.385 e. The van der Waals surface area contributed by atoms with Gasteiger partial charge in [0.25, 0.3) is 5.69 Å². The van der Waals surface area contributed by atoms with Crippen LogP contribution in [0.1, 0.15) is 12.0 Å². The number of benzene rings is 1. The molecule has 0 bridgehead atoms. The minimum absolute atomic E-state index is 0.0732. The van der Waals surface area contributed by atoms with Gasteiger partial charge in [-0.25, -0.2) is 8.42 Å². The summed E-state index contributed by atoms with van der Waals surface area (Å²) in [6.45, 7) is 2.21. The van der Waals surface area contributed by atoms with Crippen LogP contribution < -0.4 is 5.32 Å². The van der Waals surface area contributed by atoms with Crippen molar-refractivity contribution in [1.29, 1.82) is 0 Å². The Morgan fingerprint density at radius 2 is 2.21 bits per heavy atom. The number of nitro groups is 1. The van der Waals surface area contributed by atoms with Crippen LogP contribution in [0.5, 0.6) is 0 Å². The average Bonchev–Trinajstić information content (AvgIpc) is 2.67. The number of hydrogen-bond donors (Lipinski definition) is 1. The molecule has 0 amide bonds. The number of anilines is 1. The van der Waals surface area contributed by atoms with Crippen LogP contribution in [0.2, 0.25) is 0 Å². The third kappa shape index (κ3) is 3.44. The molecule has 1 unspecified atom stereocenters. The highest BCUT2D eigenvalue weighted by atomic mass is 32.2. The fourth-order valence-corrected chi connectivity index (χ4v) is 4.07. The molecule has 1 N–H and O–H groups in total. The molecule has 0 aromatic heterocycles. The van der Waals surface area contributed by atoms with Crippen molar-refractivity contribution in [2.24, 2.45) is 5.92 Å². The van der Waals surface area contributed by atoms with Crippen molar-refractivity contribution in [2.45, 2.75) is 13.3 Å². The highest BCUT2D eigenvalue weighted by Gasteiger charge is 2.27. The molecule has 1 fully saturated rings. The van der Waals surface area contributed by atoms with E-state index in [0.29, 0.717) is 24.2 Å². The first-order valence-corrected chi connectivity index (χ1v) is 7.89. The van der Waals surface area contributed by atoms with Gasteiger partial charge in [-0.2, -0.15) is 0 Å². The summed E-state index contributed by atoms with van der Waals surface area (Å²) in [5.74, 6) is 0.534. The number of nitrogens with one attached hydrogen (secondary N) is 1. The minimum atomic E-state index is -2.88. The fraction of sp³-hybridized carbons (Fsp3) is 0.500. The topological polar surface area (TPSA) is 89.3 Å². The third-order valence-corrected chi connectivity index (χ3v) is 5.16. The molecule has 1 aliphatic rings. The molecule has 19 heavy (non-hydrogen) atoms. The standard InChI is InChI=1S/C12H16N2O4S/c1-9-2-3-11(6-12(9)14(15)16)13-7-10-4-5-19(17,18)8-10/h2-3,6,10,13H,4-5,7-8H2,1H3. The van der Waals surface area contributed by atoms with E-state index in [2.05, 4.69) is 5.32 Å². The molecule has 1 aromatic carbocycles. The Bertz CT molecular complexity index is 598. The monoisotopic (exact) mass is 284 g/mol. The van der Waals surface area contributed by atoms with Crippen LogP contribution in [0.15, 0.2) is 18.2 Å². The molecular formula is C12H16N2O4S. The van der Waals surface area contributed by atoms with Gasteiger partial charge in [0, 0.05) is 23.9 Å². The lowest BCUT2D eigenvalue weighted by atomic mass is 10.1. The Morgan fingerprint density at radius 3 is 2.79 bits per heavy atom. The van der Waals surface area contributed by atoms with Gasteiger partial charge >= 0.3 is 0 Å². The lowest BCUT2D eigenvalue weighted by Crippen LogP contribution is -2.15. The molecule has 6 nitrogen and oxygen atoms in total. The number of sulfone groups is 1. The van der Waals surface area contributed by atoms with Gasteiger partial charge in [0.1, 0.15) is 0 Å². The number of hydrogen-bond acceptors (Lipinski definition) is 5. The lowest BCUT2D eigenvalue weighted by Gasteiger charge is -2.11. The van der Waals surface area contributed by atoms with Crippen LogP contribution in [-0.2, 0) is 9.84 Å². The summed E-state index contributed by atoms with van der Waals surface area (Å²) in [7, 11) is -2.88. The van der Waals surface area contributed by atoms with Crippen LogP contribution in [0, 0.1) is 23.0 Å². The molecule has 0 radical (unpaired) electrons. The van der Waals surface area contributed by atoms with Gasteiger partial charge in [-0.1, -0.05) is 6.07 Å². The predicted molar refractivity (Wildman–Crippen MR) is 73.1 cm³/mol. The first-order valence-electron chi connectivity index (χ1n) is 6.07. The van der Waals surface area contributed by atoms with Gasteiger partial charge in [-0.15, -0.1) is 0 Å². The van der Waals surface area contributed by atoms with Crippen LogP contribution in [0.3, 0.4) is 0 Å². The molecule has 104 valence electrons. The van der Waals surface area contributed by atoms with Crippen LogP contribution >= 0.6 is 0 Å². The average molecular weight is 284 g/mol. The molecular weight excluding hydrogens is 268 g/mol. The first-order chi connectivity index (χ1) is 8.87. The smallest absolute Gasteiger partial charge is 0.274 e. The molecule has 7 heteroatoms. The molecule has 1 heterocycles. The van der Waals surface area contributed by atoms with Crippen molar-refractivity contribution in [2.75, 3.05) is 23.4 Å². The van der Waals surface area contributed by atoms with E-state index in [9.17, 15) is 18.5 Å². The Balaban J connectivity index is 2.01. The second-order valence-electron chi connectivity index (χ2n) is 4.91. The van der Waals surface area contributed by atoms with Crippen LogP contribution in [-0.4, -0.2) is 31.4 Å².